The standard InChI is InChI=1S/C16H24N4O2/c1-12-5-4-6-14(18-12)10-17-16(22)13-9-15(21)20(11-13)8-7-19(2)3/h4-6,13H,7-11H2,1-3H3,(H,17,22). The number of nitrogens with one attached hydrogen (secondary N) is 1. The number of carbonyl (C=O) groups is 2. The van der Waals surface area contributed by atoms with Crippen LogP contribution in [0.15, 0.2) is 18.2 Å². The van der Waals surface area contributed by atoms with Gasteiger partial charge in [-0.15, -0.1) is 0 Å². The number of aryl methyl sites for hydroxylation is 1. The molecule has 2 heterocycles. The van der Waals surface area contributed by atoms with Gasteiger partial charge >= 0.3 is 0 Å². The third-order valence-corrected chi connectivity index (χ3v) is 3.79. The van der Waals surface area contributed by atoms with Crippen LogP contribution in [0, 0.1) is 12.8 Å². The number of hydrogen-bond acceptors (Lipinski definition) is 4. The monoisotopic (exact) mass is 304 g/mol. The highest BCUT2D eigenvalue weighted by Gasteiger charge is 2.33. The second-order valence-electron chi connectivity index (χ2n) is 6.03. The van der Waals surface area contributed by atoms with Crippen molar-refractivity contribution in [3.05, 3.63) is 29.6 Å². The lowest BCUT2D eigenvalue weighted by atomic mass is 10.1. The topological polar surface area (TPSA) is 65.5 Å². The Labute approximate surface area is 131 Å². The molecule has 1 unspecified atom stereocenters. The van der Waals surface area contributed by atoms with E-state index in [1.807, 2.05) is 44.1 Å². The highest BCUT2D eigenvalue weighted by Crippen LogP contribution is 2.17. The maximum absolute atomic E-state index is 12.2. The van der Waals surface area contributed by atoms with Crippen LogP contribution in [0.2, 0.25) is 0 Å². The second kappa shape index (κ2) is 7.35. The summed E-state index contributed by atoms with van der Waals surface area (Å²) in [6.07, 6.45) is 0.306. The largest absolute Gasteiger partial charge is 0.350 e. The zero-order chi connectivity index (χ0) is 16.1. The lowest BCUT2D eigenvalue weighted by Gasteiger charge is -2.19. The normalized spacial score (nSPS) is 18.1. The zero-order valence-electron chi connectivity index (χ0n) is 13.5. The Morgan fingerprint density at radius 1 is 1.45 bits per heavy atom. The SMILES string of the molecule is Cc1cccc(CNC(=O)C2CC(=O)N(CCN(C)C)C2)n1. The fourth-order valence-corrected chi connectivity index (χ4v) is 2.50. The van der Waals surface area contributed by atoms with Crippen molar-refractivity contribution in [3.8, 4) is 0 Å². The van der Waals surface area contributed by atoms with Crippen molar-refractivity contribution in [3.63, 3.8) is 0 Å². The summed E-state index contributed by atoms with van der Waals surface area (Å²) in [5.74, 6) is -0.251. The van der Waals surface area contributed by atoms with Crippen molar-refractivity contribution in [2.45, 2.75) is 19.9 Å². The van der Waals surface area contributed by atoms with Crippen LogP contribution in [0.4, 0.5) is 0 Å². The number of nitrogens with zero attached hydrogens (tertiary/aromatic N) is 3. The number of likely N-dealkylation sites (tertiary alicyclic amines) is 1. The molecule has 0 spiro atoms. The first-order valence-electron chi connectivity index (χ1n) is 7.58. The molecule has 0 aliphatic carbocycles. The molecule has 2 amide bonds. The van der Waals surface area contributed by atoms with Gasteiger partial charge in [0.05, 0.1) is 18.2 Å². The number of carbonyl (C=O) groups excluding carboxylic acids is 2. The molecule has 0 aromatic carbocycles. The lowest BCUT2D eigenvalue weighted by Crippen LogP contribution is -2.35. The Hall–Kier alpha value is -1.95. The van der Waals surface area contributed by atoms with E-state index in [1.54, 1.807) is 4.90 Å². The van der Waals surface area contributed by atoms with Gasteiger partial charge in [-0.05, 0) is 33.2 Å². The van der Waals surface area contributed by atoms with Crippen LogP contribution < -0.4 is 5.32 Å². The van der Waals surface area contributed by atoms with Crippen LogP contribution in [-0.2, 0) is 16.1 Å². The van der Waals surface area contributed by atoms with E-state index in [1.165, 1.54) is 0 Å². The predicted molar refractivity (Wildman–Crippen MR) is 84.1 cm³/mol. The van der Waals surface area contributed by atoms with Crippen molar-refractivity contribution in [1.29, 1.82) is 0 Å². The molecule has 1 aromatic rings. The molecule has 1 aromatic heterocycles. The third kappa shape index (κ3) is 4.53. The van der Waals surface area contributed by atoms with Crippen molar-refractivity contribution in [2.75, 3.05) is 33.7 Å². The van der Waals surface area contributed by atoms with Crippen molar-refractivity contribution >= 4 is 11.8 Å². The first-order chi connectivity index (χ1) is 10.5. The molecular formula is C16H24N4O2. The maximum Gasteiger partial charge on any atom is 0.225 e. The van der Waals surface area contributed by atoms with Gasteiger partial charge in [-0.2, -0.15) is 0 Å². The predicted octanol–water partition coefficient (Wildman–Crippen LogP) is 0.416. The lowest BCUT2D eigenvalue weighted by molar-refractivity contribution is -0.129. The van der Waals surface area contributed by atoms with Gasteiger partial charge in [-0.3, -0.25) is 14.6 Å². The summed E-state index contributed by atoms with van der Waals surface area (Å²) in [4.78, 5) is 32.3. The van der Waals surface area contributed by atoms with E-state index < -0.39 is 0 Å². The molecule has 1 saturated heterocycles. The van der Waals surface area contributed by atoms with E-state index in [0.717, 1.165) is 17.9 Å². The summed E-state index contributed by atoms with van der Waals surface area (Å²) in [6, 6.07) is 5.73. The van der Waals surface area contributed by atoms with Crippen molar-refractivity contribution < 1.29 is 9.59 Å². The van der Waals surface area contributed by atoms with E-state index >= 15 is 0 Å². The van der Waals surface area contributed by atoms with Gasteiger partial charge in [0.2, 0.25) is 11.8 Å². The number of likely N-dealkylation sites (N-methyl/N-ethyl adjacent to an activating group) is 1. The fourth-order valence-electron chi connectivity index (χ4n) is 2.50. The minimum absolute atomic E-state index is 0.0654. The first kappa shape index (κ1) is 16.4. The Bertz CT molecular complexity index is 545. The Morgan fingerprint density at radius 3 is 2.91 bits per heavy atom. The average molecular weight is 304 g/mol. The van der Waals surface area contributed by atoms with Crippen LogP contribution in [0.1, 0.15) is 17.8 Å². The Kier molecular flexibility index (Phi) is 5.49. The molecule has 120 valence electrons. The molecular weight excluding hydrogens is 280 g/mol. The van der Waals surface area contributed by atoms with Gasteiger partial charge in [0.25, 0.3) is 0 Å². The fraction of sp³-hybridized carbons (Fsp3) is 0.562. The van der Waals surface area contributed by atoms with Crippen LogP contribution >= 0.6 is 0 Å². The van der Waals surface area contributed by atoms with Gasteiger partial charge < -0.3 is 15.1 Å². The first-order valence-corrected chi connectivity index (χ1v) is 7.58. The minimum Gasteiger partial charge on any atom is -0.350 e. The number of rotatable bonds is 6. The quantitative estimate of drug-likeness (QED) is 0.827. The molecule has 22 heavy (non-hydrogen) atoms. The van der Waals surface area contributed by atoms with Gasteiger partial charge in [0.15, 0.2) is 0 Å². The molecule has 1 fully saturated rings. The molecule has 0 saturated carbocycles. The van der Waals surface area contributed by atoms with Crippen LogP contribution in [0.25, 0.3) is 0 Å². The molecule has 1 aliphatic heterocycles. The summed E-state index contributed by atoms with van der Waals surface area (Å²) in [7, 11) is 3.94. The van der Waals surface area contributed by atoms with Crippen LogP contribution in [0.3, 0.4) is 0 Å². The van der Waals surface area contributed by atoms with E-state index in [0.29, 0.717) is 26.1 Å². The van der Waals surface area contributed by atoms with E-state index in [9.17, 15) is 9.59 Å². The van der Waals surface area contributed by atoms with Gasteiger partial charge in [-0.25, -0.2) is 0 Å². The average Bonchev–Trinajstić information content (AvgIpc) is 2.84. The molecule has 6 heteroatoms. The van der Waals surface area contributed by atoms with Crippen molar-refractivity contribution in [1.82, 2.24) is 20.1 Å². The van der Waals surface area contributed by atoms with E-state index in [-0.39, 0.29) is 17.7 Å². The number of hydrogen-bond donors (Lipinski definition) is 1. The number of aromatic nitrogens is 1. The smallest absolute Gasteiger partial charge is 0.225 e. The summed E-state index contributed by atoms with van der Waals surface area (Å²) < 4.78 is 0. The molecule has 1 atom stereocenters. The molecule has 6 nitrogen and oxygen atoms in total. The summed E-state index contributed by atoms with van der Waals surface area (Å²) in [6.45, 7) is 4.33. The highest BCUT2D eigenvalue weighted by atomic mass is 16.2. The summed E-state index contributed by atoms with van der Waals surface area (Å²) >= 11 is 0. The second-order valence-corrected chi connectivity index (χ2v) is 6.03. The molecule has 0 bridgehead atoms. The molecule has 2 rings (SSSR count). The Balaban J connectivity index is 1.82. The highest BCUT2D eigenvalue weighted by molar-refractivity contribution is 5.89. The zero-order valence-corrected chi connectivity index (χ0v) is 13.5. The van der Waals surface area contributed by atoms with Crippen LogP contribution in [0.5, 0.6) is 0 Å². The summed E-state index contributed by atoms with van der Waals surface area (Å²) in [5.41, 5.74) is 1.76. The van der Waals surface area contributed by atoms with Gasteiger partial charge in [-0.1, -0.05) is 6.07 Å². The Morgan fingerprint density at radius 2 is 2.23 bits per heavy atom. The molecule has 1 aliphatic rings. The number of amides is 2. The molecule has 1 N–H and O–H groups in total. The van der Waals surface area contributed by atoms with Gasteiger partial charge in [0.1, 0.15) is 0 Å². The molecule has 0 radical (unpaired) electrons. The maximum atomic E-state index is 12.2. The third-order valence-electron chi connectivity index (χ3n) is 3.79. The number of pyridine rings is 1. The van der Waals surface area contributed by atoms with Gasteiger partial charge in [0, 0.05) is 31.7 Å². The van der Waals surface area contributed by atoms with E-state index in [2.05, 4.69) is 10.3 Å². The summed E-state index contributed by atoms with van der Waals surface area (Å²) in [5, 5.41) is 2.88. The van der Waals surface area contributed by atoms with E-state index in [4.69, 9.17) is 0 Å². The van der Waals surface area contributed by atoms with Crippen molar-refractivity contribution in [2.24, 2.45) is 5.92 Å². The van der Waals surface area contributed by atoms with Crippen LogP contribution in [-0.4, -0.2) is 60.3 Å². The minimum atomic E-state index is -0.250.